The van der Waals surface area contributed by atoms with Crippen molar-refractivity contribution in [3.05, 3.63) is 23.8 Å². The molecule has 1 aromatic carbocycles. The van der Waals surface area contributed by atoms with E-state index < -0.39 is 0 Å². The minimum atomic E-state index is -0.351. The predicted octanol–water partition coefficient (Wildman–Crippen LogP) is 2.02. The van der Waals surface area contributed by atoms with Crippen LogP contribution in [0, 0.1) is 5.92 Å². The Labute approximate surface area is 100 Å². The summed E-state index contributed by atoms with van der Waals surface area (Å²) in [4.78, 5) is 11.9. The summed E-state index contributed by atoms with van der Waals surface area (Å²) >= 11 is 0. The molecule has 1 saturated carbocycles. The molecule has 0 aliphatic heterocycles. The molecule has 2 rings (SSSR count). The number of carbonyl (C=O) groups excluding carboxylic acids is 1. The van der Waals surface area contributed by atoms with Crippen molar-refractivity contribution in [2.45, 2.75) is 32.2 Å². The van der Waals surface area contributed by atoms with E-state index in [-0.39, 0.29) is 29.0 Å². The number of rotatable bonds is 2. The van der Waals surface area contributed by atoms with E-state index in [4.69, 9.17) is 0 Å². The van der Waals surface area contributed by atoms with Gasteiger partial charge in [-0.1, -0.05) is 13.0 Å². The van der Waals surface area contributed by atoms with Crippen molar-refractivity contribution < 1.29 is 15.0 Å². The van der Waals surface area contributed by atoms with Gasteiger partial charge in [0.2, 0.25) is 0 Å². The molecule has 0 saturated heterocycles. The molecule has 0 radical (unpaired) electrons. The Hall–Kier alpha value is -1.71. The maximum atomic E-state index is 11.9. The van der Waals surface area contributed by atoms with Crippen LogP contribution in [0.5, 0.6) is 11.5 Å². The summed E-state index contributed by atoms with van der Waals surface area (Å²) in [6.07, 6.45) is 3.08. The van der Waals surface area contributed by atoms with Crippen LogP contribution in [0.25, 0.3) is 0 Å². The van der Waals surface area contributed by atoms with Crippen molar-refractivity contribution >= 4 is 5.91 Å². The highest BCUT2D eigenvalue weighted by Gasteiger charge is 2.24. The number of phenols is 2. The Balaban J connectivity index is 2.07. The molecule has 1 aliphatic carbocycles. The molecule has 1 aromatic rings. The van der Waals surface area contributed by atoms with Crippen molar-refractivity contribution in [3.8, 4) is 11.5 Å². The van der Waals surface area contributed by atoms with Crippen molar-refractivity contribution in [3.63, 3.8) is 0 Å². The zero-order valence-corrected chi connectivity index (χ0v) is 9.81. The molecule has 1 fully saturated rings. The van der Waals surface area contributed by atoms with E-state index in [1.54, 1.807) is 6.07 Å². The van der Waals surface area contributed by atoms with Gasteiger partial charge in [-0.25, -0.2) is 0 Å². The molecule has 17 heavy (non-hydrogen) atoms. The summed E-state index contributed by atoms with van der Waals surface area (Å²) in [5, 5.41) is 21.8. The van der Waals surface area contributed by atoms with Crippen LogP contribution in [0.1, 0.15) is 36.5 Å². The van der Waals surface area contributed by atoms with Gasteiger partial charge in [0.15, 0.2) is 11.5 Å². The Morgan fingerprint density at radius 3 is 2.76 bits per heavy atom. The van der Waals surface area contributed by atoms with E-state index in [2.05, 4.69) is 12.2 Å². The van der Waals surface area contributed by atoms with E-state index in [9.17, 15) is 15.0 Å². The van der Waals surface area contributed by atoms with Gasteiger partial charge < -0.3 is 15.5 Å². The van der Waals surface area contributed by atoms with Gasteiger partial charge in [0.1, 0.15) is 0 Å². The lowest BCUT2D eigenvalue weighted by Gasteiger charge is -2.13. The van der Waals surface area contributed by atoms with E-state index in [1.807, 2.05) is 0 Å². The van der Waals surface area contributed by atoms with Crippen LogP contribution < -0.4 is 5.32 Å². The summed E-state index contributed by atoms with van der Waals surface area (Å²) in [6.45, 7) is 2.16. The summed E-state index contributed by atoms with van der Waals surface area (Å²) in [5.41, 5.74) is 0.129. The first-order valence-corrected chi connectivity index (χ1v) is 5.89. The fourth-order valence-electron chi connectivity index (χ4n) is 2.32. The third-order valence-corrected chi connectivity index (χ3v) is 3.29. The van der Waals surface area contributed by atoms with E-state index in [1.165, 1.54) is 12.1 Å². The van der Waals surface area contributed by atoms with E-state index in [0.717, 1.165) is 19.3 Å². The van der Waals surface area contributed by atoms with Gasteiger partial charge in [-0.3, -0.25) is 4.79 Å². The van der Waals surface area contributed by atoms with Crippen LogP contribution in [0.3, 0.4) is 0 Å². The number of hydrogen-bond donors (Lipinski definition) is 3. The molecule has 4 nitrogen and oxygen atoms in total. The van der Waals surface area contributed by atoms with E-state index >= 15 is 0 Å². The zero-order valence-electron chi connectivity index (χ0n) is 9.81. The number of hydrogen-bond acceptors (Lipinski definition) is 3. The van der Waals surface area contributed by atoms with Crippen molar-refractivity contribution in [2.75, 3.05) is 0 Å². The quantitative estimate of drug-likeness (QED) is 0.687. The monoisotopic (exact) mass is 235 g/mol. The number of phenolic OH excluding ortho intramolecular Hbond substituents is 2. The third kappa shape index (κ3) is 2.52. The summed E-state index contributed by atoms with van der Waals surface area (Å²) in [7, 11) is 0. The first-order valence-electron chi connectivity index (χ1n) is 5.89. The topological polar surface area (TPSA) is 69.6 Å². The second-order valence-electron chi connectivity index (χ2n) is 4.76. The second-order valence-corrected chi connectivity index (χ2v) is 4.76. The average molecular weight is 235 g/mol. The molecule has 0 bridgehead atoms. The number of para-hydroxylation sites is 1. The Kier molecular flexibility index (Phi) is 3.22. The Morgan fingerprint density at radius 1 is 1.35 bits per heavy atom. The second kappa shape index (κ2) is 4.65. The molecule has 3 N–H and O–H groups in total. The van der Waals surface area contributed by atoms with Gasteiger partial charge in [-0.05, 0) is 37.3 Å². The molecular formula is C13H17NO3. The van der Waals surface area contributed by atoms with Crippen LogP contribution in [0.4, 0.5) is 0 Å². The fraction of sp³-hybridized carbons (Fsp3) is 0.462. The lowest BCUT2D eigenvalue weighted by Crippen LogP contribution is -2.32. The van der Waals surface area contributed by atoms with Crippen LogP contribution in [-0.2, 0) is 0 Å². The minimum absolute atomic E-state index is 0.129. The summed E-state index contributed by atoms with van der Waals surface area (Å²) in [6, 6.07) is 4.58. The number of carbonyl (C=O) groups is 1. The fourth-order valence-corrected chi connectivity index (χ4v) is 2.32. The molecule has 0 spiro atoms. The van der Waals surface area contributed by atoms with Gasteiger partial charge >= 0.3 is 0 Å². The summed E-state index contributed by atoms with van der Waals surface area (Å²) < 4.78 is 0. The van der Waals surface area contributed by atoms with Crippen LogP contribution in [0.15, 0.2) is 18.2 Å². The van der Waals surface area contributed by atoms with Crippen molar-refractivity contribution in [2.24, 2.45) is 5.92 Å². The third-order valence-electron chi connectivity index (χ3n) is 3.29. The van der Waals surface area contributed by atoms with Crippen molar-refractivity contribution in [1.82, 2.24) is 5.32 Å². The molecule has 1 aliphatic rings. The maximum Gasteiger partial charge on any atom is 0.255 e. The average Bonchev–Trinajstić information content (AvgIpc) is 2.68. The van der Waals surface area contributed by atoms with Gasteiger partial charge in [0.25, 0.3) is 5.91 Å². The van der Waals surface area contributed by atoms with Gasteiger partial charge in [-0.2, -0.15) is 0 Å². The lowest BCUT2D eigenvalue weighted by molar-refractivity contribution is 0.0934. The van der Waals surface area contributed by atoms with Gasteiger partial charge in [0, 0.05) is 6.04 Å². The van der Waals surface area contributed by atoms with E-state index in [0.29, 0.717) is 5.92 Å². The minimum Gasteiger partial charge on any atom is -0.504 e. The van der Waals surface area contributed by atoms with Crippen LogP contribution in [-0.4, -0.2) is 22.2 Å². The highest BCUT2D eigenvalue weighted by molar-refractivity contribution is 5.97. The van der Waals surface area contributed by atoms with Gasteiger partial charge in [-0.15, -0.1) is 0 Å². The lowest BCUT2D eigenvalue weighted by atomic mass is 10.1. The molecule has 2 unspecified atom stereocenters. The number of aromatic hydroxyl groups is 2. The molecule has 92 valence electrons. The number of amides is 1. The van der Waals surface area contributed by atoms with Crippen LogP contribution in [0.2, 0.25) is 0 Å². The molecule has 1 amide bonds. The Morgan fingerprint density at radius 2 is 2.12 bits per heavy atom. The molecule has 0 heterocycles. The first kappa shape index (κ1) is 11.8. The molecule has 0 aromatic heterocycles. The number of nitrogens with one attached hydrogen (secondary N) is 1. The SMILES string of the molecule is CC1CCC(NC(=O)c2cccc(O)c2O)C1. The normalized spacial score (nSPS) is 23.6. The molecule has 4 heteroatoms. The number of benzene rings is 1. The van der Waals surface area contributed by atoms with Gasteiger partial charge in [0.05, 0.1) is 5.56 Å². The van der Waals surface area contributed by atoms with Crippen molar-refractivity contribution in [1.29, 1.82) is 0 Å². The smallest absolute Gasteiger partial charge is 0.255 e. The summed E-state index contributed by atoms with van der Waals surface area (Å²) in [5.74, 6) is -0.302. The highest BCUT2D eigenvalue weighted by atomic mass is 16.3. The Bertz CT molecular complexity index is 431. The first-order chi connectivity index (χ1) is 8.08. The highest BCUT2D eigenvalue weighted by Crippen LogP contribution is 2.29. The predicted molar refractivity (Wildman–Crippen MR) is 64.0 cm³/mol. The standard InChI is InChI=1S/C13H17NO3/c1-8-5-6-9(7-8)14-13(17)10-3-2-4-11(15)12(10)16/h2-4,8-9,15-16H,5-7H2,1H3,(H,14,17). The maximum absolute atomic E-state index is 11.9. The molecule has 2 atom stereocenters. The van der Waals surface area contributed by atoms with Crippen LogP contribution >= 0.6 is 0 Å². The largest absolute Gasteiger partial charge is 0.504 e. The molecular weight excluding hydrogens is 218 g/mol. The zero-order chi connectivity index (χ0) is 12.4.